The highest BCUT2D eigenvalue weighted by Crippen LogP contribution is 2.71. The Kier molecular flexibility index (Phi) is 12.8. The van der Waals surface area contributed by atoms with Crippen LogP contribution in [0, 0.1) is 11.8 Å². The van der Waals surface area contributed by atoms with Crippen molar-refractivity contribution >= 4 is 0 Å². The number of ether oxygens (including phenoxy) is 2. The molecule has 3 aliphatic rings. The summed E-state index contributed by atoms with van der Waals surface area (Å²) < 4.78 is 14.8. The summed E-state index contributed by atoms with van der Waals surface area (Å²) in [5.74, 6) is 0.0766. The van der Waals surface area contributed by atoms with Gasteiger partial charge in [-0.05, 0) is 48.6 Å². The van der Waals surface area contributed by atoms with Crippen molar-refractivity contribution in [3.63, 3.8) is 0 Å². The number of nitrogens with one attached hydrogen (secondary N) is 2. The maximum absolute atomic E-state index is 7.40. The summed E-state index contributed by atoms with van der Waals surface area (Å²) in [4.78, 5) is 0. The lowest BCUT2D eigenvalue weighted by Crippen LogP contribution is -2.61. The Hall–Kier alpha value is -1.72. The third-order valence-electron chi connectivity index (χ3n) is 11.2. The van der Waals surface area contributed by atoms with Crippen molar-refractivity contribution in [3.05, 3.63) is 71.8 Å². The summed E-state index contributed by atoms with van der Waals surface area (Å²) in [6.45, 7) is 6.06. The molecule has 4 heteroatoms. The number of unbranched alkanes of at least 4 members (excludes halogenated alkanes) is 14. The van der Waals surface area contributed by atoms with Crippen LogP contribution in [0.15, 0.2) is 60.7 Å². The van der Waals surface area contributed by atoms with Gasteiger partial charge in [0.1, 0.15) is 11.1 Å². The number of benzene rings is 2. The molecule has 0 spiro atoms. The Morgan fingerprint density at radius 2 is 0.886 bits per heavy atom. The van der Waals surface area contributed by atoms with Crippen LogP contribution in [0.1, 0.15) is 147 Å². The first-order chi connectivity index (χ1) is 21.8. The molecule has 3 fully saturated rings. The zero-order valence-corrected chi connectivity index (χ0v) is 28.1. The van der Waals surface area contributed by atoms with Crippen LogP contribution in [0.5, 0.6) is 0 Å². The van der Waals surface area contributed by atoms with Crippen molar-refractivity contribution < 1.29 is 9.47 Å². The van der Waals surface area contributed by atoms with E-state index in [0.717, 1.165) is 26.1 Å². The van der Waals surface area contributed by atoms with Gasteiger partial charge in [-0.1, -0.05) is 171 Å². The number of hydrazine groups is 1. The first-order valence-corrected chi connectivity index (χ1v) is 18.7. The Morgan fingerprint density at radius 1 is 0.523 bits per heavy atom. The van der Waals surface area contributed by atoms with Crippen LogP contribution < -0.4 is 10.9 Å². The predicted molar refractivity (Wildman–Crippen MR) is 183 cm³/mol. The monoisotopic (exact) mass is 602 g/mol. The molecular weight excluding hydrogens is 540 g/mol. The molecule has 5 rings (SSSR count). The molecule has 4 nitrogen and oxygen atoms in total. The third kappa shape index (κ3) is 6.57. The molecule has 2 bridgehead atoms. The van der Waals surface area contributed by atoms with E-state index in [0.29, 0.717) is 11.8 Å². The van der Waals surface area contributed by atoms with Crippen LogP contribution in [0.2, 0.25) is 0 Å². The average Bonchev–Trinajstić information content (AvgIpc) is 3.72. The second-order valence-corrected chi connectivity index (χ2v) is 14.0. The van der Waals surface area contributed by atoms with Gasteiger partial charge >= 0.3 is 0 Å². The summed E-state index contributed by atoms with van der Waals surface area (Å²) in [6, 6.07) is 22.3. The van der Waals surface area contributed by atoms with Crippen LogP contribution in [0.3, 0.4) is 0 Å². The maximum Gasteiger partial charge on any atom is 0.217 e. The largest absolute Gasteiger partial charge is 0.346 e. The molecule has 2 aromatic rings. The zero-order valence-electron chi connectivity index (χ0n) is 28.1. The van der Waals surface area contributed by atoms with Gasteiger partial charge in [0.15, 0.2) is 0 Å². The van der Waals surface area contributed by atoms with E-state index >= 15 is 0 Å². The van der Waals surface area contributed by atoms with E-state index in [1.165, 1.54) is 120 Å². The molecule has 44 heavy (non-hydrogen) atoms. The molecule has 2 N–H and O–H groups in total. The number of hydrogen-bond acceptors (Lipinski definition) is 4. The standard InChI is InChI=1S/C40H62N2O2/c1-3-5-7-9-11-13-15-23-32-43-40(44-33-24-16-14-12-10-8-6-4-2)38(34-26-19-17-20-27-34)36-30-25-31-37(36)39(40,42-41-38)35-28-21-18-22-29-35/h17-22,26-29,36-37,41-42H,3-16,23-25,30-33H2,1-2H3. The van der Waals surface area contributed by atoms with Crippen molar-refractivity contribution in [1.29, 1.82) is 0 Å². The Bertz CT molecular complexity index is 992. The van der Waals surface area contributed by atoms with E-state index in [-0.39, 0.29) is 0 Å². The topological polar surface area (TPSA) is 42.5 Å². The molecule has 4 unspecified atom stereocenters. The van der Waals surface area contributed by atoms with E-state index < -0.39 is 16.9 Å². The number of rotatable bonds is 22. The molecule has 2 saturated carbocycles. The van der Waals surface area contributed by atoms with Gasteiger partial charge in [0, 0.05) is 0 Å². The molecule has 0 radical (unpaired) electrons. The van der Waals surface area contributed by atoms with Crippen LogP contribution >= 0.6 is 0 Å². The third-order valence-corrected chi connectivity index (χ3v) is 11.2. The van der Waals surface area contributed by atoms with E-state index in [1.807, 2.05) is 0 Å². The van der Waals surface area contributed by atoms with E-state index in [2.05, 4.69) is 85.4 Å². The maximum atomic E-state index is 7.40. The Balaban J connectivity index is 1.39. The average molecular weight is 603 g/mol. The molecule has 0 aromatic heterocycles. The number of hydrogen-bond donors (Lipinski definition) is 2. The van der Waals surface area contributed by atoms with Crippen LogP contribution in [-0.4, -0.2) is 19.0 Å². The smallest absolute Gasteiger partial charge is 0.217 e. The fourth-order valence-corrected chi connectivity index (χ4v) is 9.10. The second kappa shape index (κ2) is 16.7. The highest BCUT2D eigenvalue weighted by Gasteiger charge is 2.84. The summed E-state index contributed by atoms with van der Waals surface area (Å²) in [7, 11) is 0. The van der Waals surface area contributed by atoms with Crippen molar-refractivity contribution in [3.8, 4) is 0 Å². The van der Waals surface area contributed by atoms with Gasteiger partial charge in [0.05, 0.1) is 13.2 Å². The minimum absolute atomic E-state index is 0.439. The van der Waals surface area contributed by atoms with Crippen molar-refractivity contribution in [2.45, 2.75) is 153 Å². The SMILES string of the molecule is CCCCCCCCCCOC1(OCCCCCCCCCC)C2(c3ccccc3)NNC1(c1ccccc1)C1CCCC12. The summed E-state index contributed by atoms with van der Waals surface area (Å²) >= 11 is 0. The molecule has 0 amide bonds. The fourth-order valence-electron chi connectivity index (χ4n) is 9.10. The van der Waals surface area contributed by atoms with Crippen molar-refractivity contribution in [2.24, 2.45) is 11.8 Å². The fraction of sp³-hybridized carbons (Fsp3) is 0.700. The lowest BCUT2D eigenvalue weighted by Gasteiger charge is -2.47. The highest BCUT2D eigenvalue weighted by molar-refractivity contribution is 5.46. The first-order valence-electron chi connectivity index (χ1n) is 18.7. The Labute approximate surface area is 269 Å². The summed E-state index contributed by atoms with van der Waals surface area (Å²) in [6.07, 6.45) is 24.4. The van der Waals surface area contributed by atoms with Crippen molar-refractivity contribution in [1.82, 2.24) is 10.9 Å². The Morgan fingerprint density at radius 3 is 1.27 bits per heavy atom. The van der Waals surface area contributed by atoms with Gasteiger partial charge < -0.3 is 9.47 Å². The first kappa shape index (κ1) is 33.6. The molecule has 4 atom stereocenters. The molecule has 1 heterocycles. The zero-order chi connectivity index (χ0) is 30.6. The van der Waals surface area contributed by atoms with Gasteiger partial charge in [0.25, 0.3) is 0 Å². The van der Waals surface area contributed by atoms with Crippen LogP contribution in [0.25, 0.3) is 0 Å². The molecule has 244 valence electrons. The molecular formula is C40H62N2O2. The van der Waals surface area contributed by atoms with E-state index in [1.54, 1.807) is 0 Å². The minimum Gasteiger partial charge on any atom is -0.346 e. The van der Waals surface area contributed by atoms with Gasteiger partial charge in [0.2, 0.25) is 5.79 Å². The van der Waals surface area contributed by atoms with Crippen LogP contribution in [-0.2, 0) is 20.6 Å². The summed E-state index contributed by atoms with van der Waals surface area (Å²) in [5, 5.41) is 0. The normalized spacial score (nSPS) is 26.8. The predicted octanol–water partition coefficient (Wildman–Crippen LogP) is 10.3. The molecule has 1 saturated heterocycles. The van der Waals surface area contributed by atoms with Crippen LogP contribution in [0.4, 0.5) is 0 Å². The summed E-state index contributed by atoms with van der Waals surface area (Å²) in [5.41, 5.74) is 9.62. The van der Waals surface area contributed by atoms with E-state index in [9.17, 15) is 0 Å². The van der Waals surface area contributed by atoms with Gasteiger partial charge in [-0.15, -0.1) is 0 Å². The second-order valence-electron chi connectivity index (χ2n) is 14.0. The van der Waals surface area contributed by atoms with Crippen molar-refractivity contribution in [2.75, 3.05) is 13.2 Å². The number of fused-ring (bicyclic) bond motifs is 5. The lowest BCUT2D eigenvalue weighted by molar-refractivity contribution is -0.290. The molecule has 1 aliphatic heterocycles. The molecule has 2 aliphatic carbocycles. The molecule has 2 aromatic carbocycles. The minimum atomic E-state index is -0.819. The lowest BCUT2D eigenvalue weighted by atomic mass is 9.74. The van der Waals surface area contributed by atoms with Gasteiger partial charge in [-0.2, -0.15) is 0 Å². The van der Waals surface area contributed by atoms with Gasteiger partial charge in [-0.25, -0.2) is 10.9 Å². The quantitative estimate of drug-likeness (QED) is 0.104. The van der Waals surface area contributed by atoms with Gasteiger partial charge in [-0.3, -0.25) is 0 Å². The highest BCUT2D eigenvalue weighted by atomic mass is 16.7. The van der Waals surface area contributed by atoms with E-state index in [4.69, 9.17) is 9.47 Å².